The molecule has 0 fully saturated rings. The quantitative estimate of drug-likeness (QED) is 0.634. The monoisotopic (exact) mass is 386 g/mol. The van der Waals surface area contributed by atoms with E-state index in [2.05, 4.69) is 5.32 Å². The molecule has 146 valence electrons. The lowest BCUT2D eigenvalue weighted by Gasteiger charge is -2.20. The van der Waals surface area contributed by atoms with Crippen LogP contribution in [-0.4, -0.2) is 19.6 Å². The normalized spacial score (nSPS) is 11.2. The van der Waals surface area contributed by atoms with Gasteiger partial charge in [-0.2, -0.15) is 5.26 Å². The third-order valence-electron chi connectivity index (χ3n) is 4.47. The molecule has 1 N–H and O–H groups in total. The molecule has 1 atom stereocenters. The van der Waals surface area contributed by atoms with E-state index in [0.29, 0.717) is 23.5 Å². The second-order valence-corrected chi connectivity index (χ2v) is 6.49. The highest BCUT2D eigenvalue weighted by atomic mass is 16.5. The lowest BCUT2D eigenvalue weighted by molar-refractivity contribution is -0.123. The highest BCUT2D eigenvalue weighted by Crippen LogP contribution is 2.27. The van der Waals surface area contributed by atoms with Crippen LogP contribution in [0.2, 0.25) is 0 Å². The molecule has 3 aromatic rings. The third kappa shape index (κ3) is 5.60. The van der Waals surface area contributed by atoms with Crippen molar-refractivity contribution in [2.75, 3.05) is 13.7 Å². The minimum atomic E-state index is -0.235. The van der Waals surface area contributed by atoms with Crippen LogP contribution < -0.4 is 14.8 Å². The van der Waals surface area contributed by atoms with Crippen molar-refractivity contribution in [2.24, 2.45) is 0 Å². The smallest absolute Gasteiger partial charge is 0.258 e. The van der Waals surface area contributed by atoms with Crippen LogP contribution in [0.1, 0.15) is 22.7 Å². The molecule has 0 aliphatic heterocycles. The van der Waals surface area contributed by atoms with Gasteiger partial charge in [-0.05, 0) is 29.7 Å². The van der Waals surface area contributed by atoms with Crippen molar-refractivity contribution in [1.29, 1.82) is 5.26 Å². The summed E-state index contributed by atoms with van der Waals surface area (Å²) in [5, 5.41) is 12.0. The molecule has 0 radical (unpaired) electrons. The number of carbonyl (C=O) groups is 1. The van der Waals surface area contributed by atoms with E-state index in [9.17, 15) is 4.79 Å². The van der Waals surface area contributed by atoms with Gasteiger partial charge in [-0.1, -0.05) is 60.7 Å². The van der Waals surface area contributed by atoms with Crippen molar-refractivity contribution < 1.29 is 14.3 Å². The number of ether oxygens (including phenoxy) is 2. The van der Waals surface area contributed by atoms with Crippen molar-refractivity contribution >= 4 is 5.91 Å². The van der Waals surface area contributed by atoms with E-state index in [1.54, 1.807) is 18.2 Å². The van der Waals surface area contributed by atoms with Gasteiger partial charge in [0.25, 0.3) is 5.91 Å². The Morgan fingerprint density at radius 1 is 1.00 bits per heavy atom. The van der Waals surface area contributed by atoms with Gasteiger partial charge in [-0.15, -0.1) is 0 Å². The molecule has 0 saturated carbocycles. The van der Waals surface area contributed by atoms with Gasteiger partial charge in [0.1, 0.15) is 0 Å². The molecule has 0 saturated heterocycles. The average molecular weight is 386 g/mol. The molecule has 0 aromatic heterocycles. The molecule has 0 aliphatic carbocycles. The molecule has 0 bridgehead atoms. The standard InChI is InChI=1S/C24H22N2O3/c1-28-23-15-19(16-25)12-13-22(23)29-17-24(27)26-21(20-10-6-3-7-11-20)14-18-8-4-2-5-9-18/h2-13,15,21H,14,17H2,1H3,(H,26,27)/t21-/m0/s1. The Labute approximate surface area is 170 Å². The van der Waals surface area contributed by atoms with Crippen molar-refractivity contribution in [3.63, 3.8) is 0 Å². The minimum Gasteiger partial charge on any atom is -0.493 e. The average Bonchev–Trinajstić information content (AvgIpc) is 2.78. The second kappa shape index (κ2) is 9.95. The number of hydrogen-bond donors (Lipinski definition) is 1. The van der Waals surface area contributed by atoms with Crippen molar-refractivity contribution in [3.8, 4) is 17.6 Å². The largest absolute Gasteiger partial charge is 0.493 e. The van der Waals surface area contributed by atoms with E-state index in [1.807, 2.05) is 66.7 Å². The van der Waals surface area contributed by atoms with Crippen LogP contribution in [0.25, 0.3) is 0 Å². The molecule has 3 aromatic carbocycles. The molecular weight excluding hydrogens is 364 g/mol. The predicted molar refractivity (Wildman–Crippen MR) is 111 cm³/mol. The molecule has 0 unspecified atom stereocenters. The van der Waals surface area contributed by atoms with Crippen molar-refractivity contribution in [2.45, 2.75) is 12.5 Å². The van der Waals surface area contributed by atoms with Gasteiger partial charge in [-0.3, -0.25) is 4.79 Å². The molecular formula is C24H22N2O3. The molecule has 0 aliphatic rings. The van der Waals surface area contributed by atoms with Gasteiger partial charge < -0.3 is 14.8 Å². The number of rotatable bonds is 8. The fourth-order valence-corrected chi connectivity index (χ4v) is 3.02. The number of nitrogens with zero attached hydrogens (tertiary/aromatic N) is 1. The summed E-state index contributed by atoms with van der Waals surface area (Å²) in [6.45, 7) is -0.152. The zero-order chi connectivity index (χ0) is 20.5. The first-order valence-corrected chi connectivity index (χ1v) is 9.29. The summed E-state index contributed by atoms with van der Waals surface area (Å²) >= 11 is 0. The van der Waals surface area contributed by atoms with Crippen molar-refractivity contribution in [3.05, 3.63) is 95.6 Å². The van der Waals surface area contributed by atoms with Crippen LogP contribution in [-0.2, 0) is 11.2 Å². The Bertz CT molecular complexity index is 982. The SMILES string of the molecule is COc1cc(C#N)ccc1OCC(=O)N[C@@H](Cc1ccccc1)c1ccccc1. The van der Waals surface area contributed by atoms with E-state index in [-0.39, 0.29) is 18.6 Å². The van der Waals surface area contributed by atoms with Gasteiger partial charge >= 0.3 is 0 Å². The summed E-state index contributed by atoms with van der Waals surface area (Å²) in [6, 6.07) is 26.6. The van der Waals surface area contributed by atoms with Crippen LogP contribution >= 0.6 is 0 Å². The number of methoxy groups -OCH3 is 1. The van der Waals surface area contributed by atoms with Crippen LogP contribution in [0.15, 0.2) is 78.9 Å². The maximum atomic E-state index is 12.6. The summed E-state index contributed by atoms with van der Waals surface area (Å²) in [5.74, 6) is 0.600. The molecule has 5 heteroatoms. The Kier molecular flexibility index (Phi) is 6.85. The summed E-state index contributed by atoms with van der Waals surface area (Å²) in [7, 11) is 1.49. The van der Waals surface area contributed by atoms with E-state index in [4.69, 9.17) is 14.7 Å². The topological polar surface area (TPSA) is 71.3 Å². The fourth-order valence-electron chi connectivity index (χ4n) is 3.02. The zero-order valence-corrected chi connectivity index (χ0v) is 16.2. The Morgan fingerprint density at radius 3 is 2.34 bits per heavy atom. The van der Waals surface area contributed by atoms with Crippen molar-refractivity contribution in [1.82, 2.24) is 5.32 Å². The van der Waals surface area contributed by atoms with Gasteiger partial charge in [0.05, 0.1) is 24.8 Å². The maximum Gasteiger partial charge on any atom is 0.258 e. The van der Waals surface area contributed by atoms with Crippen LogP contribution in [0.4, 0.5) is 0 Å². The highest BCUT2D eigenvalue weighted by molar-refractivity contribution is 5.78. The second-order valence-electron chi connectivity index (χ2n) is 6.49. The first-order valence-electron chi connectivity index (χ1n) is 9.29. The number of carbonyl (C=O) groups excluding carboxylic acids is 1. The van der Waals surface area contributed by atoms with Crippen LogP contribution in [0, 0.1) is 11.3 Å². The number of nitriles is 1. The predicted octanol–water partition coefficient (Wildman–Crippen LogP) is 4.05. The Morgan fingerprint density at radius 2 is 1.69 bits per heavy atom. The molecule has 1 amide bonds. The lowest BCUT2D eigenvalue weighted by Crippen LogP contribution is -2.33. The number of hydrogen-bond acceptors (Lipinski definition) is 4. The van der Waals surface area contributed by atoms with Gasteiger partial charge in [0, 0.05) is 6.07 Å². The van der Waals surface area contributed by atoms with E-state index in [0.717, 1.165) is 11.1 Å². The van der Waals surface area contributed by atoms with Gasteiger partial charge in [-0.25, -0.2) is 0 Å². The number of nitrogens with one attached hydrogen (secondary N) is 1. The molecule has 29 heavy (non-hydrogen) atoms. The van der Waals surface area contributed by atoms with E-state index < -0.39 is 0 Å². The van der Waals surface area contributed by atoms with E-state index in [1.165, 1.54) is 7.11 Å². The van der Waals surface area contributed by atoms with Crippen LogP contribution in [0.5, 0.6) is 11.5 Å². The fraction of sp³-hybridized carbons (Fsp3) is 0.167. The number of benzene rings is 3. The first-order chi connectivity index (χ1) is 14.2. The zero-order valence-electron chi connectivity index (χ0n) is 16.2. The summed E-state index contributed by atoms with van der Waals surface area (Å²) < 4.78 is 10.9. The molecule has 0 spiro atoms. The maximum absolute atomic E-state index is 12.6. The first kappa shape index (κ1) is 20.0. The molecule has 3 rings (SSSR count). The summed E-state index contributed by atoms with van der Waals surface area (Å²) in [5.41, 5.74) is 2.63. The van der Waals surface area contributed by atoms with Crippen LogP contribution in [0.3, 0.4) is 0 Å². The molecule has 0 heterocycles. The highest BCUT2D eigenvalue weighted by Gasteiger charge is 2.16. The molecule has 5 nitrogen and oxygen atoms in total. The third-order valence-corrected chi connectivity index (χ3v) is 4.47. The van der Waals surface area contributed by atoms with E-state index >= 15 is 0 Å². The Balaban J connectivity index is 1.68. The summed E-state index contributed by atoms with van der Waals surface area (Å²) in [4.78, 5) is 12.6. The summed E-state index contributed by atoms with van der Waals surface area (Å²) in [6.07, 6.45) is 0.677. The van der Waals surface area contributed by atoms with Gasteiger partial charge in [0.15, 0.2) is 18.1 Å². The Hall–Kier alpha value is -3.78. The minimum absolute atomic E-state index is 0.152. The lowest BCUT2D eigenvalue weighted by atomic mass is 9.99. The number of amides is 1. The van der Waals surface area contributed by atoms with Gasteiger partial charge in [0.2, 0.25) is 0 Å².